The van der Waals surface area contributed by atoms with E-state index < -0.39 is 5.97 Å². The van der Waals surface area contributed by atoms with Crippen molar-refractivity contribution in [3.05, 3.63) is 0 Å². The van der Waals surface area contributed by atoms with Crippen LogP contribution < -0.4 is 0 Å². The molecule has 0 radical (unpaired) electrons. The Balaban J connectivity index is 0. The van der Waals surface area contributed by atoms with Crippen molar-refractivity contribution in [3.8, 4) is 0 Å². The van der Waals surface area contributed by atoms with E-state index in [1.165, 1.54) is 116 Å². The molecule has 0 saturated heterocycles. The number of carboxylic acid groups (broad SMARTS) is 1. The molecule has 176 valence electrons. The number of hydrogen-bond donors (Lipinski definition) is 1. The van der Waals surface area contributed by atoms with Crippen molar-refractivity contribution >= 4 is 5.97 Å². The van der Waals surface area contributed by atoms with Gasteiger partial charge in [0, 0.05) is 6.42 Å². The van der Waals surface area contributed by atoms with Crippen LogP contribution in [0.5, 0.6) is 0 Å². The minimum Gasteiger partial charge on any atom is -0.481 e. The first-order valence-corrected chi connectivity index (χ1v) is 12.9. The van der Waals surface area contributed by atoms with Crippen molar-refractivity contribution < 1.29 is 9.90 Å². The van der Waals surface area contributed by atoms with Gasteiger partial charge in [0.05, 0.1) is 0 Å². The molecule has 3 heteroatoms. The van der Waals surface area contributed by atoms with Gasteiger partial charge in [0.15, 0.2) is 0 Å². The maximum absolute atomic E-state index is 10.2. The Morgan fingerprint density at radius 1 is 0.552 bits per heavy atom. The first-order valence-electron chi connectivity index (χ1n) is 12.9. The molecule has 0 aromatic rings. The standard InChI is InChI=1S/C14H31N.C12H24O2/c1-4-5-6-7-8-9-10-11-12-13-14-15(2)3;1-2-3-4-5-6-7-8-9-10-11-12(13)14/h4-14H2,1-3H3;2-11H2,1H3,(H,13,14). The summed E-state index contributed by atoms with van der Waals surface area (Å²) in [6.07, 6.45) is 25.8. The van der Waals surface area contributed by atoms with Crippen LogP contribution in [0.25, 0.3) is 0 Å². The lowest BCUT2D eigenvalue weighted by molar-refractivity contribution is -0.137. The van der Waals surface area contributed by atoms with Crippen molar-refractivity contribution in [2.24, 2.45) is 0 Å². The van der Waals surface area contributed by atoms with Crippen LogP contribution in [0, 0.1) is 0 Å². The Hall–Kier alpha value is -0.570. The predicted octanol–water partition coefficient (Wildman–Crippen LogP) is 8.46. The van der Waals surface area contributed by atoms with E-state index in [4.69, 9.17) is 5.11 Å². The highest BCUT2D eigenvalue weighted by Gasteiger charge is 1.96. The van der Waals surface area contributed by atoms with Crippen LogP contribution >= 0.6 is 0 Å². The molecule has 0 amide bonds. The molecule has 0 unspecified atom stereocenters. The minimum atomic E-state index is -0.659. The molecule has 0 aliphatic heterocycles. The van der Waals surface area contributed by atoms with Gasteiger partial charge in [-0.15, -0.1) is 0 Å². The Bertz CT molecular complexity index is 305. The van der Waals surface area contributed by atoms with E-state index in [2.05, 4.69) is 32.8 Å². The van der Waals surface area contributed by atoms with Gasteiger partial charge >= 0.3 is 5.97 Å². The molecule has 0 heterocycles. The first-order chi connectivity index (χ1) is 14.0. The molecule has 0 aliphatic carbocycles. The summed E-state index contributed by atoms with van der Waals surface area (Å²) in [6, 6.07) is 0. The molecule has 1 N–H and O–H groups in total. The molecule has 0 fully saturated rings. The van der Waals surface area contributed by atoms with E-state index >= 15 is 0 Å². The smallest absolute Gasteiger partial charge is 0.303 e. The topological polar surface area (TPSA) is 40.5 Å². The van der Waals surface area contributed by atoms with Crippen molar-refractivity contribution in [2.75, 3.05) is 20.6 Å². The molecule has 29 heavy (non-hydrogen) atoms. The molecule has 0 aromatic heterocycles. The first kappa shape index (κ1) is 30.6. The maximum atomic E-state index is 10.2. The van der Waals surface area contributed by atoms with Gasteiger partial charge in [0.1, 0.15) is 0 Å². The van der Waals surface area contributed by atoms with E-state index in [-0.39, 0.29) is 0 Å². The molecule has 0 rings (SSSR count). The highest BCUT2D eigenvalue weighted by molar-refractivity contribution is 5.66. The van der Waals surface area contributed by atoms with Crippen molar-refractivity contribution in [2.45, 2.75) is 142 Å². The summed E-state index contributed by atoms with van der Waals surface area (Å²) in [7, 11) is 4.32. The summed E-state index contributed by atoms with van der Waals surface area (Å²) < 4.78 is 0. The molecule has 3 nitrogen and oxygen atoms in total. The zero-order valence-corrected chi connectivity index (χ0v) is 20.7. The highest BCUT2D eigenvalue weighted by Crippen LogP contribution is 2.11. The van der Waals surface area contributed by atoms with Crippen LogP contribution in [-0.2, 0) is 4.79 Å². The van der Waals surface area contributed by atoms with Gasteiger partial charge in [-0.2, -0.15) is 0 Å². The summed E-state index contributed by atoms with van der Waals surface area (Å²) >= 11 is 0. The fourth-order valence-corrected chi connectivity index (χ4v) is 3.50. The fourth-order valence-electron chi connectivity index (χ4n) is 3.50. The zero-order valence-electron chi connectivity index (χ0n) is 20.7. The Labute approximate surface area is 184 Å². The summed E-state index contributed by atoms with van der Waals surface area (Å²) in [5.41, 5.74) is 0. The average Bonchev–Trinajstić information content (AvgIpc) is 2.68. The van der Waals surface area contributed by atoms with E-state index in [0.29, 0.717) is 6.42 Å². The van der Waals surface area contributed by atoms with E-state index in [0.717, 1.165) is 12.8 Å². The van der Waals surface area contributed by atoms with Crippen LogP contribution in [0.15, 0.2) is 0 Å². The molecule has 0 aromatic carbocycles. The number of nitrogens with zero attached hydrogens (tertiary/aromatic N) is 1. The number of unbranched alkanes of at least 4 members (excludes halogenated alkanes) is 17. The second-order valence-electron chi connectivity index (χ2n) is 8.96. The second kappa shape index (κ2) is 27.4. The Morgan fingerprint density at radius 3 is 1.17 bits per heavy atom. The lowest BCUT2D eigenvalue weighted by atomic mass is 10.1. The van der Waals surface area contributed by atoms with E-state index in [1.54, 1.807) is 0 Å². The maximum Gasteiger partial charge on any atom is 0.303 e. The molecule has 0 bridgehead atoms. The van der Waals surface area contributed by atoms with Gasteiger partial charge in [-0.1, -0.05) is 123 Å². The van der Waals surface area contributed by atoms with Gasteiger partial charge in [-0.05, 0) is 33.5 Å². The molecule has 0 aliphatic rings. The van der Waals surface area contributed by atoms with Gasteiger partial charge < -0.3 is 10.0 Å². The van der Waals surface area contributed by atoms with Gasteiger partial charge in [0.2, 0.25) is 0 Å². The van der Waals surface area contributed by atoms with Crippen LogP contribution in [0.2, 0.25) is 0 Å². The van der Waals surface area contributed by atoms with Crippen LogP contribution in [0.1, 0.15) is 142 Å². The molecule has 0 spiro atoms. The lowest BCUT2D eigenvalue weighted by Crippen LogP contribution is -2.12. The summed E-state index contributed by atoms with van der Waals surface area (Å²) in [5.74, 6) is -0.659. The fraction of sp³-hybridized carbons (Fsp3) is 0.962. The van der Waals surface area contributed by atoms with Gasteiger partial charge in [0.25, 0.3) is 0 Å². The van der Waals surface area contributed by atoms with Crippen LogP contribution in [0.3, 0.4) is 0 Å². The number of aliphatic carboxylic acids is 1. The number of hydrogen-bond acceptors (Lipinski definition) is 2. The molecular formula is C26H55NO2. The van der Waals surface area contributed by atoms with Crippen LogP contribution in [0.4, 0.5) is 0 Å². The normalized spacial score (nSPS) is 10.8. The third-order valence-electron chi connectivity index (χ3n) is 5.45. The summed E-state index contributed by atoms with van der Waals surface area (Å²) in [5, 5.41) is 8.41. The zero-order chi connectivity index (χ0) is 22.0. The largest absolute Gasteiger partial charge is 0.481 e. The number of rotatable bonds is 21. The number of carboxylic acids is 1. The summed E-state index contributed by atoms with van der Waals surface area (Å²) in [4.78, 5) is 12.5. The third kappa shape index (κ3) is 35.3. The van der Waals surface area contributed by atoms with Crippen molar-refractivity contribution in [1.29, 1.82) is 0 Å². The van der Waals surface area contributed by atoms with Crippen molar-refractivity contribution in [3.63, 3.8) is 0 Å². The highest BCUT2D eigenvalue weighted by atomic mass is 16.4. The number of carbonyl (C=O) groups is 1. The third-order valence-corrected chi connectivity index (χ3v) is 5.45. The van der Waals surface area contributed by atoms with E-state index in [9.17, 15) is 4.79 Å². The molecular weight excluding hydrogens is 358 g/mol. The van der Waals surface area contributed by atoms with Crippen molar-refractivity contribution in [1.82, 2.24) is 4.90 Å². The summed E-state index contributed by atoms with van der Waals surface area (Å²) in [6.45, 7) is 5.77. The monoisotopic (exact) mass is 413 g/mol. The van der Waals surface area contributed by atoms with Gasteiger partial charge in [-0.25, -0.2) is 0 Å². The van der Waals surface area contributed by atoms with Crippen LogP contribution in [-0.4, -0.2) is 36.6 Å². The SMILES string of the molecule is CCCCCCCCCCCC(=O)O.CCCCCCCCCCCCN(C)C. The molecule has 0 saturated carbocycles. The predicted molar refractivity (Wildman–Crippen MR) is 130 cm³/mol. The van der Waals surface area contributed by atoms with E-state index in [1.807, 2.05) is 0 Å². The second-order valence-corrected chi connectivity index (χ2v) is 8.96. The minimum absolute atomic E-state index is 0.343. The average molecular weight is 414 g/mol. The Kier molecular flexibility index (Phi) is 29.0. The lowest BCUT2D eigenvalue weighted by Gasteiger charge is -2.08. The molecule has 0 atom stereocenters. The van der Waals surface area contributed by atoms with Gasteiger partial charge in [-0.3, -0.25) is 4.79 Å². The Morgan fingerprint density at radius 2 is 0.862 bits per heavy atom. The quantitative estimate of drug-likeness (QED) is 0.192.